The Labute approximate surface area is 168 Å². The third-order valence-corrected chi connectivity index (χ3v) is 4.60. The Morgan fingerprint density at radius 2 is 1.72 bits per heavy atom. The van der Waals surface area contributed by atoms with Crippen LogP contribution in [-0.4, -0.2) is 42.7 Å². The zero-order chi connectivity index (χ0) is 21.0. The van der Waals surface area contributed by atoms with Crippen LogP contribution < -0.4 is 4.72 Å². The van der Waals surface area contributed by atoms with E-state index in [1.165, 1.54) is 31.2 Å². The van der Waals surface area contributed by atoms with Crippen molar-refractivity contribution in [2.45, 2.75) is 13.0 Å². The molecule has 0 aliphatic rings. The number of Topliss-reactive ketones (excluding diaryl/α,β-unsaturated/α-hetero) is 1. The molecule has 0 aliphatic carbocycles. The van der Waals surface area contributed by atoms with E-state index in [-0.39, 0.29) is 5.69 Å². The van der Waals surface area contributed by atoms with Crippen molar-refractivity contribution in [2.75, 3.05) is 11.0 Å². The molecule has 150 valence electrons. The number of ketones is 1. The number of carbonyl (C=O) groups excluding carboxylic acids is 2. The monoisotopic (exact) mass is 413 g/mol. The van der Waals surface area contributed by atoms with Crippen molar-refractivity contribution in [3.05, 3.63) is 71.9 Å². The highest BCUT2D eigenvalue weighted by Gasteiger charge is 2.22. The van der Waals surface area contributed by atoms with E-state index in [4.69, 9.17) is 4.74 Å². The number of carbonyl (C=O) groups is 2. The van der Waals surface area contributed by atoms with Crippen molar-refractivity contribution in [2.24, 2.45) is 0 Å². The van der Waals surface area contributed by atoms with E-state index in [0.717, 1.165) is 11.8 Å². The van der Waals surface area contributed by atoms with Gasteiger partial charge in [0.1, 0.15) is 5.69 Å². The fraction of sp³-hybridized carbons (Fsp3) is 0.150. The van der Waals surface area contributed by atoms with Crippen LogP contribution in [-0.2, 0) is 14.8 Å². The number of benzene rings is 2. The third kappa shape index (κ3) is 5.29. The van der Waals surface area contributed by atoms with Gasteiger partial charge >= 0.3 is 5.97 Å². The molecular weight excluding hydrogens is 394 g/mol. The van der Waals surface area contributed by atoms with Crippen LogP contribution >= 0.6 is 0 Å². The summed E-state index contributed by atoms with van der Waals surface area (Å²) in [5, 5.41) is 6.71. The number of rotatable bonds is 7. The van der Waals surface area contributed by atoms with E-state index in [1.54, 1.807) is 6.07 Å². The van der Waals surface area contributed by atoms with Gasteiger partial charge < -0.3 is 4.74 Å². The highest BCUT2D eigenvalue weighted by Crippen LogP contribution is 2.18. The fourth-order valence-corrected chi connectivity index (χ4v) is 3.18. The van der Waals surface area contributed by atoms with Crippen LogP contribution in [0, 0.1) is 0 Å². The summed E-state index contributed by atoms with van der Waals surface area (Å²) < 4.78 is 30.0. The lowest BCUT2D eigenvalue weighted by atomic mass is 10.1. The largest absolute Gasteiger partial charge is 0.450 e. The first kappa shape index (κ1) is 20.3. The first-order valence-corrected chi connectivity index (χ1v) is 10.6. The standard InChI is InChI=1S/C20H19N3O5S/c1-13(19(24)15-8-10-16(11-9-15)23-29(2,26)27)28-20(25)18-12-17(21-22-18)14-6-4-3-5-7-14/h3-13,23H,1-2H3,(H,21,22)/t13-/m0/s1. The first-order chi connectivity index (χ1) is 13.7. The summed E-state index contributed by atoms with van der Waals surface area (Å²) in [4.78, 5) is 24.8. The lowest BCUT2D eigenvalue weighted by molar-refractivity contribution is 0.0313. The Morgan fingerprint density at radius 1 is 1.07 bits per heavy atom. The van der Waals surface area contributed by atoms with Gasteiger partial charge in [-0.1, -0.05) is 30.3 Å². The predicted octanol–water partition coefficient (Wildman–Crippen LogP) is 2.88. The number of esters is 1. The van der Waals surface area contributed by atoms with Crippen LogP contribution in [0.3, 0.4) is 0 Å². The van der Waals surface area contributed by atoms with E-state index in [2.05, 4.69) is 14.9 Å². The smallest absolute Gasteiger partial charge is 0.357 e. The molecule has 29 heavy (non-hydrogen) atoms. The number of hydrogen-bond acceptors (Lipinski definition) is 6. The van der Waals surface area contributed by atoms with Crippen molar-refractivity contribution < 1.29 is 22.7 Å². The number of H-pyrrole nitrogens is 1. The maximum atomic E-state index is 12.5. The molecule has 0 unspecified atom stereocenters. The number of hydrogen-bond donors (Lipinski definition) is 2. The molecule has 2 aromatic carbocycles. The number of sulfonamides is 1. The number of ether oxygens (including phenoxy) is 1. The summed E-state index contributed by atoms with van der Waals surface area (Å²) in [6, 6.07) is 16.7. The molecule has 0 spiro atoms. The van der Waals surface area contributed by atoms with Crippen LogP contribution in [0.2, 0.25) is 0 Å². The molecule has 0 bridgehead atoms. The molecule has 0 radical (unpaired) electrons. The fourth-order valence-electron chi connectivity index (χ4n) is 2.61. The van der Waals surface area contributed by atoms with Gasteiger partial charge in [-0.3, -0.25) is 14.6 Å². The van der Waals surface area contributed by atoms with Crippen LogP contribution in [0.1, 0.15) is 27.8 Å². The number of anilines is 1. The zero-order valence-corrected chi connectivity index (χ0v) is 16.6. The van der Waals surface area contributed by atoms with Gasteiger partial charge in [0, 0.05) is 16.8 Å². The molecule has 3 rings (SSSR count). The predicted molar refractivity (Wildman–Crippen MR) is 108 cm³/mol. The number of aromatic nitrogens is 2. The van der Waals surface area contributed by atoms with Gasteiger partial charge in [-0.05, 0) is 37.3 Å². The second-order valence-corrected chi connectivity index (χ2v) is 8.14. The van der Waals surface area contributed by atoms with Crippen molar-refractivity contribution in [3.8, 4) is 11.3 Å². The molecule has 3 aromatic rings. The van der Waals surface area contributed by atoms with Crippen LogP contribution in [0.25, 0.3) is 11.3 Å². The van der Waals surface area contributed by atoms with Gasteiger partial charge in [-0.15, -0.1) is 0 Å². The number of nitrogens with one attached hydrogen (secondary N) is 2. The quantitative estimate of drug-likeness (QED) is 0.454. The van der Waals surface area contributed by atoms with Gasteiger partial charge in [0.2, 0.25) is 15.8 Å². The molecule has 0 fully saturated rings. The van der Waals surface area contributed by atoms with Crippen LogP contribution in [0.15, 0.2) is 60.7 Å². The van der Waals surface area contributed by atoms with Gasteiger partial charge in [-0.2, -0.15) is 5.10 Å². The molecule has 1 aromatic heterocycles. The molecule has 0 saturated heterocycles. The minimum absolute atomic E-state index is 0.135. The van der Waals surface area contributed by atoms with E-state index in [9.17, 15) is 18.0 Å². The zero-order valence-electron chi connectivity index (χ0n) is 15.7. The highest BCUT2D eigenvalue weighted by atomic mass is 32.2. The first-order valence-electron chi connectivity index (χ1n) is 8.67. The summed E-state index contributed by atoms with van der Waals surface area (Å²) in [5.41, 5.74) is 2.19. The molecule has 0 aliphatic heterocycles. The molecule has 8 nitrogen and oxygen atoms in total. The van der Waals surface area contributed by atoms with E-state index >= 15 is 0 Å². The Hall–Kier alpha value is -3.46. The molecule has 0 amide bonds. The van der Waals surface area contributed by atoms with Crippen LogP contribution in [0.5, 0.6) is 0 Å². The van der Waals surface area contributed by atoms with Crippen molar-refractivity contribution in [1.29, 1.82) is 0 Å². The molecule has 0 saturated carbocycles. The lowest BCUT2D eigenvalue weighted by Gasteiger charge is -2.12. The Morgan fingerprint density at radius 3 is 2.34 bits per heavy atom. The second kappa shape index (κ2) is 8.27. The van der Waals surface area contributed by atoms with E-state index in [0.29, 0.717) is 16.9 Å². The maximum absolute atomic E-state index is 12.5. The molecule has 2 N–H and O–H groups in total. The molecular formula is C20H19N3O5S. The van der Waals surface area contributed by atoms with E-state index < -0.39 is 27.9 Å². The highest BCUT2D eigenvalue weighted by molar-refractivity contribution is 7.92. The Kier molecular flexibility index (Phi) is 5.79. The summed E-state index contributed by atoms with van der Waals surface area (Å²) in [5.74, 6) is -1.11. The summed E-state index contributed by atoms with van der Waals surface area (Å²) in [6.45, 7) is 1.47. The normalized spacial score (nSPS) is 12.2. The summed E-state index contributed by atoms with van der Waals surface area (Å²) >= 11 is 0. The van der Waals surface area contributed by atoms with Gasteiger partial charge in [-0.25, -0.2) is 13.2 Å². The number of nitrogens with zero attached hydrogens (tertiary/aromatic N) is 1. The minimum Gasteiger partial charge on any atom is -0.450 e. The average molecular weight is 413 g/mol. The third-order valence-electron chi connectivity index (χ3n) is 3.99. The van der Waals surface area contributed by atoms with Crippen molar-refractivity contribution >= 4 is 27.5 Å². The van der Waals surface area contributed by atoms with Crippen molar-refractivity contribution in [1.82, 2.24) is 10.2 Å². The summed E-state index contributed by atoms with van der Waals surface area (Å²) in [7, 11) is -3.40. The molecule has 1 heterocycles. The van der Waals surface area contributed by atoms with E-state index in [1.807, 2.05) is 30.3 Å². The minimum atomic E-state index is -3.40. The maximum Gasteiger partial charge on any atom is 0.357 e. The molecule has 9 heteroatoms. The summed E-state index contributed by atoms with van der Waals surface area (Å²) in [6.07, 6.45) is 0.00592. The Bertz CT molecular complexity index is 1120. The second-order valence-electron chi connectivity index (χ2n) is 6.40. The van der Waals surface area contributed by atoms with Gasteiger partial charge in [0.25, 0.3) is 0 Å². The molecule has 1 atom stereocenters. The van der Waals surface area contributed by atoms with Gasteiger partial charge in [0.15, 0.2) is 6.10 Å². The van der Waals surface area contributed by atoms with Crippen molar-refractivity contribution in [3.63, 3.8) is 0 Å². The average Bonchev–Trinajstić information content (AvgIpc) is 3.18. The topological polar surface area (TPSA) is 118 Å². The van der Waals surface area contributed by atoms with Crippen LogP contribution in [0.4, 0.5) is 5.69 Å². The Balaban J connectivity index is 1.65. The lowest BCUT2D eigenvalue weighted by Crippen LogP contribution is -2.24. The number of aromatic amines is 1. The SMILES string of the molecule is C[C@H](OC(=O)c1cc(-c2ccccc2)n[nH]1)C(=O)c1ccc(NS(C)(=O)=O)cc1. The van der Waals surface area contributed by atoms with Gasteiger partial charge in [0.05, 0.1) is 11.9 Å².